The number of anilines is 1. The van der Waals surface area contributed by atoms with E-state index < -0.39 is 0 Å². The van der Waals surface area contributed by atoms with Gasteiger partial charge in [-0.25, -0.2) is 0 Å². The molecule has 0 amide bonds. The number of oxazole rings is 1. The van der Waals surface area contributed by atoms with E-state index >= 15 is 0 Å². The lowest BCUT2D eigenvalue weighted by Crippen LogP contribution is -1.99. The van der Waals surface area contributed by atoms with E-state index in [0.717, 1.165) is 15.6 Å². The summed E-state index contributed by atoms with van der Waals surface area (Å²) in [6, 6.07) is 8.16. The highest BCUT2D eigenvalue weighted by molar-refractivity contribution is 9.11. The maximum absolute atomic E-state index is 5.43. The number of fused-ring (bicyclic) bond motifs is 1. The van der Waals surface area contributed by atoms with Crippen LogP contribution in [0.4, 0.5) is 6.01 Å². The van der Waals surface area contributed by atoms with Crippen molar-refractivity contribution < 1.29 is 4.42 Å². The molecule has 0 radical (unpaired) electrons. The standard InChI is InChI=1S/C10H9BrN2O/c1-7(11)6-12-10-13-8-4-2-3-5-9(8)14-10/h2-5H,1,6H2,(H,12,13). The van der Waals surface area contributed by atoms with E-state index in [1.807, 2.05) is 24.3 Å². The zero-order valence-corrected chi connectivity index (χ0v) is 9.04. The van der Waals surface area contributed by atoms with E-state index in [-0.39, 0.29) is 0 Å². The fraction of sp³-hybridized carbons (Fsp3) is 0.100. The minimum atomic E-state index is 0.520. The first-order chi connectivity index (χ1) is 6.75. The molecule has 0 bridgehead atoms. The van der Waals surface area contributed by atoms with Gasteiger partial charge >= 0.3 is 0 Å². The third kappa shape index (κ3) is 1.96. The Bertz CT molecular complexity index is 431. The molecule has 0 saturated carbocycles. The predicted octanol–water partition coefficient (Wildman–Crippen LogP) is 3.15. The van der Waals surface area contributed by atoms with Crippen LogP contribution in [0, 0.1) is 0 Å². The van der Waals surface area contributed by atoms with Crippen molar-refractivity contribution in [3.05, 3.63) is 35.3 Å². The predicted molar refractivity (Wildman–Crippen MR) is 60.6 cm³/mol. The summed E-state index contributed by atoms with van der Waals surface area (Å²) in [7, 11) is 0. The van der Waals surface area contributed by atoms with Crippen LogP contribution in [0.1, 0.15) is 0 Å². The Morgan fingerprint density at radius 2 is 2.29 bits per heavy atom. The molecule has 0 aliphatic carbocycles. The van der Waals surface area contributed by atoms with E-state index in [4.69, 9.17) is 4.42 Å². The molecule has 1 aromatic carbocycles. The molecule has 2 rings (SSSR count). The molecule has 0 aliphatic rings. The zero-order chi connectivity index (χ0) is 9.97. The first-order valence-corrected chi connectivity index (χ1v) is 4.98. The van der Waals surface area contributed by atoms with Crippen molar-refractivity contribution in [1.29, 1.82) is 0 Å². The van der Waals surface area contributed by atoms with Gasteiger partial charge in [0, 0.05) is 4.48 Å². The van der Waals surface area contributed by atoms with Crippen molar-refractivity contribution in [2.45, 2.75) is 0 Å². The molecule has 4 heteroatoms. The van der Waals surface area contributed by atoms with Crippen molar-refractivity contribution in [2.75, 3.05) is 11.9 Å². The third-order valence-electron chi connectivity index (χ3n) is 1.73. The van der Waals surface area contributed by atoms with Gasteiger partial charge < -0.3 is 9.73 Å². The SMILES string of the molecule is C=C(Br)CNc1nc2ccccc2o1. The third-order valence-corrected chi connectivity index (χ3v) is 2.01. The van der Waals surface area contributed by atoms with Gasteiger partial charge in [-0.2, -0.15) is 4.98 Å². The van der Waals surface area contributed by atoms with Gasteiger partial charge in [-0.1, -0.05) is 34.6 Å². The first kappa shape index (κ1) is 9.27. The monoisotopic (exact) mass is 252 g/mol. The topological polar surface area (TPSA) is 38.1 Å². The highest BCUT2D eigenvalue weighted by Gasteiger charge is 2.03. The number of para-hydroxylation sites is 2. The van der Waals surface area contributed by atoms with Crippen LogP contribution in [0.25, 0.3) is 11.1 Å². The number of benzene rings is 1. The Morgan fingerprint density at radius 1 is 1.50 bits per heavy atom. The van der Waals surface area contributed by atoms with Crippen molar-refractivity contribution in [3.63, 3.8) is 0 Å². The van der Waals surface area contributed by atoms with E-state index in [2.05, 4.69) is 32.8 Å². The second-order valence-electron chi connectivity index (χ2n) is 2.86. The molecule has 1 N–H and O–H groups in total. The minimum absolute atomic E-state index is 0.520. The number of halogens is 1. The Kier molecular flexibility index (Phi) is 2.54. The average Bonchev–Trinajstić information content (AvgIpc) is 2.57. The maximum Gasteiger partial charge on any atom is 0.295 e. The van der Waals surface area contributed by atoms with Crippen LogP contribution in [-0.2, 0) is 0 Å². The van der Waals surface area contributed by atoms with Crippen molar-refractivity contribution in [3.8, 4) is 0 Å². The summed E-state index contributed by atoms with van der Waals surface area (Å²) in [6.45, 7) is 4.31. The van der Waals surface area contributed by atoms with Crippen LogP contribution in [0.3, 0.4) is 0 Å². The Balaban J connectivity index is 2.22. The largest absolute Gasteiger partial charge is 0.424 e. The molecule has 0 saturated heterocycles. The number of hydrogen-bond acceptors (Lipinski definition) is 3. The smallest absolute Gasteiger partial charge is 0.295 e. The number of rotatable bonds is 3. The number of nitrogens with one attached hydrogen (secondary N) is 1. The summed E-state index contributed by atoms with van der Waals surface area (Å²) < 4.78 is 6.30. The summed E-state index contributed by atoms with van der Waals surface area (Å²) in [5.41, 5.74) is 1.64. The van der Waals surface area contributed by atoms with Crippen LogP contribution in [0.2, 0.25) is 0 Å². The lowest BCUT2D eigenvalue weighted by atomic mass is 10.3. The van der Waals surface area contributed by atoms with E-state index in [9.17, 15) is 0 Å². The maximum atomic E-state index is 5.43. The summed E-state index contributed by atoms with van der Waals surface area (Å²) in [6.07, 6.45) is 0. The molecule has 72 valence electrons. The molecule has 1 aromatic heterocycles. The molecular weight excluding hydrogens is 244 g/mol. The van der Waals surface area contributed by atoms with Gasteiger partial charge in [-0.05, 0) is 12.1 Å². The van der Waals surface area contributed by atoms with Gasteiger partial charge in [0.15, 0.2) is 5.58 Å². The summed E-state index contributed by atoms with van der Waals surface area (Å²) in [5, 5.41) is 3.01. The summed E-state index contributed by atoms with van der Waals surface area (Å²) in [4.78, 5) is 4.24. The van der Waals surface area contributed by atoms with E-state index in [0.29, 0.717) is 12.6 Å². The zero-order valence-electron chi connectivity index (χ0n) is 7.46. The normalized spacial score (nSPS) is 10.4. The van der Waals surface area contributed by atoms with Gasteiger partial charge in [0.25, 0.3) is 6.01 Å². The minimum Gasteiger partial charge on any atom is -0.424 e. The van der Waals surface area contributed by atoms with Gasteiger partial charge in [0.05, 0.1) is 6.54 Å². The number of hydrogen-bond donors (Lipinski definition) is 1. The van der Waals surface area contributed by atoms with Gasteiger partial charge in [-0.15, -0.1) is 0 Å². The number of aromatic nitrogens is 1. The Labute approximate surface area is 89.9 Å². The molecule has 0 fully saturated rings. The summed E-state index contributed by atoms with van der Waals surface area (Å²) in [5.74, 6) is 0. The molecule has 14 heavy (non-hydrogen) atoms. The molecule has 1 heterocycles. The first-order valence-electron chi connectivity index (χ1n) is 4.18. The molecular formula is C10H9BrN2O. The fourth-order valence-corrected chi connectivity index (χ4v) is 1.26. The molecule has 2 aromatic rings. The van der Waals surface area contributed by atoms with Crippen molar-refractivity contribution >= 4 is 33.0 Å². The average molecular weight is 253 g/mol. The van der Waals surface area contributed by atoms with Crippen molar-refractivity contribution in [2.24, 2.45) is 0 Å². The molecule has 3 nitrogen and oxygen atoms in total. The van der Waals surface area contributed by atoms with Gasteiger partial charge in [0.2, 0.25) is 0 Å². The molecule has 0 spiro atoms. The van der Waals surface area contributed by atoms with Gasteiger partial charge in [0.1, 0.15) is 5.52 Å². The van der Waals surface area contributed by atoms with Crippen LogP contribution in [0.15, 0.2) is 39.7 Å². The second kappa shape index (κ2) is 3.84. The Hall–Kier alpha value is -1.29. The van der Waals surface area contributed by atoms with Gasteiger partial charge in [-0.3, -0.25) is 0 Å². The Morgan fingerprint density at radius 3 is 3.00 bits per heavy atom. The van der Waals surface area contributed by atoms with Crippen LogP contribution in [0.5, 0.6) is 0 Å². The fourth-order valence-electron chi connectivity index (χ4n) is 1.12. The van der Waals surface area contributed by atoms with Crippen LogP contribution in [-0.4, -0.2) is 11.5 Å². The van der Waals surface area contributed by atoms with E-state index in [1.165, 1.54) is 0 Å². The quantitative estimate of drug-likeness (QED) is 0.913. The number of nitrogens with zero attached hydrogens (tertiary/aromatic N) is 1. The molecule has 0 atom stereocenters. The highest BCUT2D eigenvalue weighted by atomic mass is 79.9. The molecule has 0 unspecified atom stereocenters. The highest BCUT2D eigenvalue weighted by Crippen LogP contribution is 2.18. The second-order valence-corrected chi connectivity index (χ2v) is 3.98. The summed E-state index contributed by atoms with van der Waals surface area (Å²) >= 11 is 3.25. The lowest BCUT2D eigenvalue weighted by molar-refractivity contribution is 0.618. The van der Waals surface area contributed by atoms with Crippen LogP contribution < -0.4 is 5.32 Å². The van der Waals surface area contributed by atoms with Crippen molar-refractivity contribution in [1.82, 2.24) is 4.98 Å². The molecule has 0 aliphatic heterocycles. The van der Waals surface area contributed by atoms with E-state index in [1.54, 1.807) is 0 Å². The lowest BCUT2D eigenvalue weighted by Gasteiger charge is -1.96. The van der Waals surface area contributed by atoms with Crippen LogP contribution >= 0.6 is 15.9 Å².